The van der Waals surface area contributed by atoms with E-state index in [0.29, 0.717) is 12.2 Å². The molecule has 2 fully saturated rings. The third kappa shape index (κ3) is 5.19. The number of carbonyl (C=O) groups is 4. The highest BCUT2D eigenvalue weighted by molar-refractivity contribution is 8.04. The van der Waals surface area contributed by atoms with E-state index in [0.717, 1.165) is 15.1 Å². The summed E-state index contributed by atoms with van der Waals surface area (Å²) < 4.78 is 32.6. The van der Waals surface area contributed by atoms with Gasteiger partial charge in [-0.15, -0.1) is 0 Å². The smallest absolute Gasteiger partial charge is 0.410 e. The van der Waals surface area contributed by atoms with Crippen LogP contribution < -0.4 is 10.1 Å². The topological polar surface area (TPSA) is 143 Å². The number of hydrogen-bond acceptors (Lipinski definition) is 8. The van der Waals surface area contributed by atoms with Crippen molar-refractivity contribution in [1.29, 1.82) is 0 Å². The molecule has 12 heteroatoms. The quantitative estimate of drug-likeness (QED) is 0.461. The number of nitrogens with zero attached hydrogens (tertiary/aromatic N) is 3. The normalized spacial score (nSPS) is 19.8. The number of ether oxygens (including phenoxy) is 1. The monoisotopic (exact) mass is 564 g/mol. The maximum atomic E-state index is 13.6. The van der Waals surface area contributed by atoms with Crippen molar-refractivity contribution < 1.29 is 32.3 Å². The summed E-state index contributed by atoms with van der Waals surface area (Å²) in [6.45, 7) is 1.43. The first-order valence-electron chi connectivity index (χ1n) is 13.0. The Morgan fingerprint density at radius 1 is 1.07 bits per heavy atom. The van der Waals surface area contributed by atoms with Crippen LogP contribution in [0.1, 0.15) is 36.7 Å². The molecule has 2 saturated heterocycles. The van der Waals surface area contributed by atoms with Gasteiger partial charge in [0.25, 0.3) is 10.0 Å². The number of fused-ring (bicyclic) bond motifs is 2. The molecule has 2 aliphatic heterocycles. The fourth-order valence-corrected chi connectivity index (χ4v) is 6.79. The van der Waals surface area contributed by atoms with Crippen molar-refractivity contribution in [2.24, 2.45) is 0 Å². The Morgan fingerprint density at radius 2 is 1.82 bits per heavy atom. The molecule has 1 aromatic heterocycles. The molecule has 11 nitrogen and oxygen atoms in total. The summed E-state index contributed by atoms with van der Waals surface area (Å²) in [7, 11) is -4.54. The molecule has 0 spiro atoms. The molecule has 3 unspecified atom stereocenters. The molecule has 1 N–H and O–H groups in total. The second-order valence-electron chi connectivity index (χ2n) is 9.74. The second-order valence-corrected chi connectivity index (χ2v) is 11.5. The first kappa shape index (κ1) is 27.4. The molecule has 3 atom stereocenters. The summed E-state index contributed by atoms with van der Waals surface area (Å²) in [6, 6.07) is 14.2. The third-order valence-electron chi connectivity index (χ3n) is 7.18. The summed E-state index contributed by atoms with van der Waals surface area (Å²) in [5, 5.41) is 3.28. The average molecular weight is 565 g/mol. The molecule has 2 amide bonds. The van der Waals surface area contributed by atoms with Crippen LogP contribution in [0.3, 0.4) is 0 Å². The Balaban J connectivity index is 1.29. The van der Waals surface area contributed by atoms with E-state index in [-0.39, 0.29) is 25.1 Å². The van der Waals surface area contributed by atoms with E-state index >= 15 is 0 Å². The number of amides is 2. The van der Waals surface area contributed by atoms with Crippen LogP contribution in [0.4, 0.5) is 4.79 Å². The van der Waals surface area contributed by atoms with Crippen molar-refractivity contribution in [2.45, 2.75) is 44.3 Å². The maximum Gasteiger partial charge on any atom is 0.413 e. The van der Waals surface area contributed by atoms with E-state index in [4.69, 9.17) is 4.74 Å². The standard InChI is InChI=1S/C28H28N4O7S/c1-2-7-21(30-28(36)39-20-12-11-18-8-3-4-9-19(18)16-20)26(34)31-15-13-23-25(31)24(33)17-32(23)40(37,38)27(35)22-10-5-6-14-29-22/h3-6,8-12,14,16,21,23,25H,2,7,13,15,17H2,1H3,(H,30,36). The molecule has 0 radical (unpaired) electrons. The Labute approximate surface area is 231 Å². The van der Waals surface area contributed by atoms with Crippen LogP contribution in [-0.4, -0.2) is 76.7 Å². The van der Waals surface area contributed by atoms with Gasteiger partial charge >= 0.3 is 11.2 Å². The second kappa shape index (κ2) is 11.1. The first-order chi connectivity index (χ1) is 19.2. The molecule has 0 aliphatic carbocycles. The first-order valence-corrected chi connectivity index (χ1v) is 14.4. The number of Topliss-reactive ketones (excluding diaryl/α,β-unsaturated/α-hetero) is 1. The van der Waals surface area contributed by atoms with Crippen LogP contribution in [0.15, 0.2) is 66.9 Å². The van der Waals surface area contributed by atoms with Gasteiger partial charge in [0.05, 0.1) is 12.6 Å². The van der Waals surface area contributed by atoms with Crippen LogP contribution in [0, 0.1) is 0 Å². The van der Waals surface area contributed by atoms with Crippen molar-refractivity contribution in [1.82, 2.24) is 19.5 Å². The fourth-order valence-electron chi connectivity index (χ4n) is 5.32. The fraction of sp³-hybridized carbons (Fsp3) is 0.321. The Morgan fingerprint density at radius 3 is 2.55 bits per heavy atom. The number of hydrogen-bond donors (Lipinski definition) is 1. The van der Waals surface area contributed by atoms with Crippen LogP contribution in [0.5, 0.6) is 5.75 Å². The predicted molar refractivity (Wildman–Crippen MR) is 145 cm³/mol. The Bertz CT molecular complexity index is 1580. The lowest BCUT2D eigenvalue weighted by molar-refractivity contribution is -0.138. The number of benzene rings is 2. The molecule has 0 bridgehead atoms. The zero-order chi connectivity index (χ0) is 28.4. The van der Waals surface area contributed by atoms with E-state index in [1.807, 2.05) is 37.3 Å². The lowest BCUT2D eigenvalue weighted by Crippen LogP contribution is -2.53. The van der Waals surface area contributed by atoms with Gasteiger partial charge in [-0.2, -0.15) is 4.31 Å². The zero-order valence-electron chi connectivity index (χ0n) is 21.7. The molecule has 3 aromatic rings. The zero-order valence-corrected chi connectivity index (χ0v) is 22.5. The molecular weight excluding hydrogens is 536 g/mol. The highest BCUT2D eigenvalue weighted by Crippen LogP contribution is 2.33. The van der Waals surface area contributed by atoms with E-state index in [9.17, 15) is 27.6 Å². The van der Waals surface area contributed by atoms with Gasteiger partial charge in [0.1, 0.15) is 23.5 Å². The summed E-state index contributed by atoms with van der Waals surface area (Å²) in [4.78, 5) is 57.2. The summed E-state index contributed by atoms with van der Waals surface area (Å²) in [6.07, 6.45) is 1.51. The van der Waals surface area contributed by atoms with Crippen LogP contribution >= 0.6 is 0 Å². The van der Waals surface area contributed by atoms with Gasteiger partial charge in [-0.25, -0.2) is 13.2 Å². The van der Waals surface area contributed by atoms with Crippen molar-refractivity contribution in [3.05, 3.63) is 72.6 Å². The third-order valence-corrected chi connectivity index (χ3v) is 8.87. The predicted octanol–water partition coefficient (Wildman–Crippen LogP) is 2.52. The maximum absolute atomic E-state index is 13.6. The minimum absolute atomic E-state index is 0.103. The van der Waals surface area contributed by atoms with Crippen molar-refractivity contribution >= 4 is 43.7 Å². The van der Waals surface area contributed by atoms with Gasteiger partial charge in [0, 0.05) is 12.7 Å². The van der Waals surface area contributed by atoms with E-state index in [2.05, 4.69) is 10.3 Å². The Hall–Kier alpha value is -4.16. The number of carbonyl (C=O) groups excluding carboxylic acids is 4. The van der Waals surface area contributed by atoms with Gasteiger partial charge < -0.3 is 15.0 Å². The molecule has 3 heterocycles. The number of likely N-dealkylation sites (tertiary alicyclic amines) is 1. The van der Waals surface area contributed by atoms with Crippen LogP contribution in [-0.2, 0) is 19.6 Å². The number of rotatable bonds is 7. The van der Waals surface area contributed by atoms with Gasteiger partial charge in [-0.3, -0.25) is 19.4 Å². The Kier molecular flexibility index (Phi) is 7.63. The number of pyridine rings is 1. The van der Waals surface area contributed by atoms with E-state index < -0.39 is 57.6 Å². The molecule has 2 aliphatic rings. The lowest BCUT2D eigenvalue weighted by Gasteiger charge is -2.28. The van der Waals surface area contributed by atoms with Crippen molar-refractivity contribution in [2.75, 3.05) is 13.1 Å². The highest BCUT2D eigenvalue weighted by atomic mass is 32.2. The van der Waals surface area contributed by atoms with Crippen LogP contribution in [0.25, 0.3) is 10.8 Å². The molecule has 40 heavy (non-hydrogen) atoms. The molecular formula is C28H28N4O7S. The summed E-state index contributed by atoms with van der Waals surface area (Å²) >= 11 is 0. The molecule has 5 rings (SSSR count). The molecule has 2 aromatic carbocycles. The van der Waals surface area contributed by atoms with E-state index in [1.54, 1.807) is 18.2 Å². The van der Waals surface area contributed by atoms with Gasteiger partial charge in [0.15, 0.2) is 5.78 Å². The number of ketones is 1. The molecule has 0 saturated carbocycles. The van der Waals surface area contributed by atoms with Gasteiger partial charge in [-0.1, -0.05) is 49.7 Å². The largest absolute Gasteiger partial charge is 0.413 e. The number of sulfonamides is 1. The minimum Gasteiger partial charge on any atom is -0.410 e. The van der Waals surface area contributed by atoms with Gasteiger partial charge in [0.2, 0.25) is 5.91 Å². The SMILES string of the molecule is CCCC(NC(=O)Oc1ccc2ccccc2c1)C(=O)N1CCC2C1C(=O)CN2S(=O)(=O)C(=O)c1ccccn1. The van der Waals surface area contributed by atoms with Crippen LogP contribution in [0.2, 0.25) is 0 Å². The molecule has 208 valence electrons. The minimum atomic E-state index is -4.54. The number of nitrogens with one attached hydrogen (secondary N) is 1. The van der Waals surface area contributed by atoms with E-state index in [1.165, 1.54) is 23.2 Å². The lowest BCUT2D eigenvalue weighted by atomic mass is 10.1. The average Bonchev–Trinajstić information content (AvgIpc) is 3.54. The van der Waals surface area contributed by atoms with Crippen molar-refractivity contribution in [3.8, 4) is 5.75 Å². The van der Waals surface area contributed by atoms with Gasteiger partial charge in [-0.05, 0) is 47.9 Å². The highest BCUT2D eigenvalue weighted by Gasteiger charge is 2.55. The number of aromatic nitrogens is 1. The summed E-state index contributed by atoms with van der Waals surface area (Å²) in [5.74, 6) is -0.680. The summed E-state index contributed by atoms with van der Waals surface area (Å²) in [5.41, 5.74) is -0.249. The van der Waals surface area contributed by atoms with Crippen molar-refractivity contribution in [3.63, 3.8) is 0 Å².